The fourth-order valence-corrected chi connectivity index (χ4v) is 3.44. The highest BCUT2D eigenvalue weighted by molar-refractivity contribution is 5.88. The summed E-state index contributed by atoms with van der Waals surface area (Å²) in [6.07, 6.45) is 1.54. The number of hydrogen-bond acceptors (Lipinski definition) is 4. The molecule has 0 saturated carbocycles. The maximum absolute atomic E-state index is 12.6. The minimum Gasteiger partial charge on any atom is -0.347 e. The Morgan fingerprint density at radius 3 is 2.69 bits per heavy atom. The van der Waals surface area contributed by atoms with Gasteiger partial charge in [-0.25, -0.2) is 4.79 Å². The molecule has 1 saturated heterocycles. The van der Waals surface area contributed by atoms with Gasteiger partial charge in [-0.05, 0) is 25.0 Å². The SMILES string of the molecule is CN(C)C(=O)C1CCCN1C(=O)CCn1c(=O)[nH]c(=O)c2ccccc21. The quantitative estimate of drug-likeness (QED) is 0.842. The molecular formula is C18H22N4O4. The van der Waals surface area contributed by atoms with Gasteiger partial charge in [0.15, 0.2) is 0 Å². The minimum absolute atomic E-state index is 0.0810. The topological polar surface area (TPSA) is 95.5 Å². The van der Waals surface area contributed by atoms with Crippen LogP contribution in [0.2, 0.25) is 0 Å². The minimum atomic E-state index is -0.538. The third-order valence-corrected chi connectivity index (χ3v) is 4.75. The van der Waals surface area contributed by atoms with Crippen LogP contribution in [0.3, 0.4) is 0 Å². The molecule has 0 spiro atoms. The van der Waals surface area contributed by atoms with Gasteiger partial charge in [-0.1, -0.05) is 12.1 Å². The van der Waals surface area contributed by atoms with E-state index in [1.165, 1.54) is 9.47 Å². The van der Waals surface area contributed by atoms with Crippen molar-refractivity contribution in [3.8, 4) is 0 Å². The molecule has 1 atom stereocenters. The number of aromatic amines is 1. The number of benzene rings is 1. The number of aryl methyl sites for hydroxylation is 1. The summed E-state index contributed by atoms with van der Waals surface area (Å²) in [5.74, 6) is -0.243. The third kappa shape index (κ3) is 3.26. The summed E-state index contributed by atoms with van der Waals surface area (Å²) in [6.45, 7) is 0.693. The molecule has 3 rings (SSSR count). The molecule has 1 aliphatic heterocycles. The lowest BCUT2D eigenvalue weighted by Crippen LogP contribution is -2.45. The van der Waals surface area contributed by atoms with E-state index < -0.39 is 17.3 Å². The molecular weight excluding hydrogens is 336 g/mol. The number of carbonyl (C=O) groups excluding carboxylic acids is 2. The molecule has 2 amide bonds. The van der Waals surface area contributed by atoms with Crippen molar-refractivity contribution in [1.82, 2.24) is 19.4 Å². The highest BCUT2D eigenvalue weighted by atomic mass is 16.2. The zero-order valence-electron chi connectivity index (χ0n) is 14.9. The maximum atomic E-state index is 12.6. The second-order valence-electron chi connectivity index (χ2n) is 6.66. The van der Waals surface area contributed by atoms with Crippen LogP contribution in [-0.2, 0) is 16.1 Å². The second-order valence-corrected chi connectivity index (χ2v) is 6.66. The largest absolute Gasteiger partial charge is 0.347 e. The van der Waals surface area contributed by atoms with Gasteiger partial charge in [0.2, 0.25) is 11.8 Å². The van der Waals surface area contributed by atoms with Crippen molar-refractivity contribution in [2.75, 3.05) is 20.6 Å². The first kappa shape index (κ1) is 17.9. The second kappa shape index (κ2) is 7.15. The standard InChI is InChI=1S/C18H22N4O4/c1-20(2)17(25)14-8-5-10-21(14)15(23)9-11-22-13-7-4-3-6-12(13)16(24)19-18(22)26/h3-4,6-7,14H,5,8-11H2,1-2H3,(H,19,24,26). The van der Waals surface area contributed by atoms with Crippen LogP contribution in [0.25, 0.3) is 10.9 Å². The van der Waals surface area contributed by atoms with Gasteiger partial charge in [0.05, 0.1) is 10.9 Å². The number of aromatic nitrogens is 2. The molecule has 8 nitrogen and oxygen atoms in total. The molecule has 0 bridgehead atoms. The lowest BCUT2D eigenvalue weighted by molar-refractivity contribution is -0.142. The molecule has 1 N–H and O–H groups in total. The van der Waals surface area contributed by atoms with Crippen molar-refractivity contribution in [2.45, 2.75) is 31.8 Å². The predicted octanol–water partition coefficient (Wildman–Crippen LogP) is 0.159. The monoisotopic (exact) mass is 358 g/mol. The predicted molar refractivity (Wildman–Crippen MR) is 96.9 cm³/mol. The fourth-order valence-electron chi connectivity index (χ4n) is 3.44. The highest BCUT2D eigenvalue weighted by Gasteiger charge is 2.34. The number of likely N-dealkylation sites (N-methyl/N-ethyl adjacent to an activating group) is 1. The van der Waals surface area contributed by atoms with E-state index in [9.17, 15) is 19.2 Å². The first-order valence-corrected chi connectivity index (χ1v) is 8.62. The van der Waals surface area contributed by atoms with E-state index in [0.29, 0.717) is 23.9 Å². The molecule has 2 aromatic rings. The number of fused-ring (bicyclic) bond motifs is 1. The van der Waals surface area contributed by atoms with Crippen LogP contribution in [0.5, 0.6) is 0 Å². The number of amides is 2. The number of para-hydroxylation sites is 1. The van der Waals surface area contributed by atoms with Crippen molar-refractivity contribution >= 4 is 22.7 Å². The van der Waals surface area contributed by atoms with Crippen LogP contribution in [0.1, 0.15) is 19.3 Å². The summed E-state index contributed by atoms with van der Waals surface area (Å²) >= 11 is 0. The summed E-state index contributed by atoms with van der Waals surface area (Å²) in [7, 11) is 3.35. The number of H-pyrrole nitrogens is 1. The molecule has 1 aromatic heterocycles. The van der Waals surface area contributed by atoms with Crippen LogP contribution in [0, 0.1) is 0 Å². The van der Waals surface area contributed by atoms with Gasteiger partial charge in [-0.3, -0.25) is 23.9 Å². The summed E-state index contributed by atoms with van der Waals surface area (Å²) in [5.41, 5.74) is -0.482. The molecule has 2 heterocycles. The van der Waals surface area contributed by atoms with E-state index in [1.54, 1.807) is 43.3 Å². The first-order valence-electron chi connectivity index (χ1n) is 8.62. The molecule has 1 aromatic carbocycles. The average molecular weight is 358 g/mol. The van der Waals surface area contributed by atoms with Crippen LogP contribution >= 0.6 is 0 Å². The fraction of sp³-hybridized carbons (Fsp3) is 0.444. The molecule has 0 aliphatic carbocycles. The lowest BCUT2D eigenvalue weighted by Gasteiger charge is -2.26. The van der Waals surface area contributed by atoms with E-state index in [2.05, 4.69) is 4.98 Å². The average Bonchev–Trinajstić information content (AvgIpc) is 3.10. The Bertz CT molecular complexity index is 960. The Balaban J connectivity index is 1.80. The molecule has 1 fully saturated rings. The van der Waals surface area contributed by atoms with Crippen molar-refractivity contribution in [1.29, 1.82) is 0 Å². The zero-order chi connectivity index (χ0) is 18.8. The summed E-state index contributed by atoms with van der Waals surface area (Å²) in [4.78, 5) is 54.3. The molecule has 1 aliphatic rings. The number of hydrogen-bond donors (Lipinski definition) is 1. The molecule has 1 unspecified atom stereocenters. The van der Waals surface area contributed by atoms with Crippen LogP contribution in [0.4, 0.5) is 0 Å². The maximum Gasteiger partial charge on any atom is 0.328 e. The molecule has 0 radical (unpaired) electrons. The smallest absolute Gasteiger partial charge is 0.328 e. The van der Waals surface area contributed by atoms with Gasteiger partial charge < -0.3 is 9.80 Å². The van der Waals surface area contributed by atoms with E-state index in [-0.39, 0.29) is 24.8 Å². The van der Waals surface area contributed by atoms with Crippen LogP contribution in [-0.4, -0.2) is 57.8 Å². The van der Waals surface area contributed by atoms with E-state index in [4.69, 9.17) is 0 Å². The Morgan fingerprint density at radius 1 is 1.23 bits per heavy atom. The normalized spacial score (nSPS) is 16.8. The number of likely N-dealkylation sites (tertiary alicyclic amines) is 1. The van der Waals surface area contributed by atoms with Gasteiger partial charge in [-0.15, -0.1) is 0 Å². The summed E-state index contributed by atoms with van der Waals surface area (Å²) in [6, 6.07) is 6.36. The van der Waals surface area contributed by atoms with E-state index >= 15 is 0 Å². The van der Waals surface area contributed by atoms with Crippen LogP contribution < -0.4 is 11.2 Å². The van der Waals surface area contributed by atoms with E-state index in [0.717, 1.165) is 6.42 Å². The molecule has 8 heteroatoms. The first-order chi connectivity index (χ1) is 12.4. The summed E-state index contributed by atoms with van der Waals surface area (Å²) < 4.78 is 1.40. The number of carbonyl (C=O) groups is 2. The van der Waals surface area contributed by atoms with Crippen LogP contribution in [0.15, 0.2) is 33.9 Å². The number of rotatable bonds is 4. The van der Waals surface area contributed by atoms with Crippen molar-refractivity contribution in [3.05, 3.63) is 45.1 Å². The Kier molecular flexibility index (Phi) is 4.92. The highest BCUT2D eigenvalue weighted by Crippen LogP contribution is 2.20. The number of nitrogens with one attached hydrogen (secondary N) is 1. The van der Waals surface area contributed by atoms with Gasteiger partial charge in [0.25, 0.3) is 5.56 Å². The number of nitrogens with zero attached hydrogens (tertiary/aromatic N) is 3. The van der Waals surface area contributed by atoms with Gasteiger partial charge in [0.1, 0.15) is 6.04 Å². The Hall–Kier alpha value is -2.90. The van der Waals surface area contributed by atoms with Gasteiger partial charge in [-0.2, -0.15) is 0 Å². The molecule has 26 heavy (non-hydrogen) atoms. The summed E-state index contributed by atoms with van der Waals surface area (Å²) in [5, 5.41) is 0.404. The van der Waals surface area contributed by atoms with Crippen molar-refractivity contribution < 1.29 is 9.59 Å². The lowest BCUT2D eigenvalue weighted by atomic mass is 10.2. The Morgan fingerprint density at radius 2 is 1.96 bits per heavy atom. The van der Waals surface area contributed by atoms with Crippen molar-refractivity contribution in [2.24, 2.45) is 0 Å². The van der Waals surface area contributed by atoms with Gasteiger partial charge >= 0.3 is 5.69 Å². The Labute approximate surface area is 150 Å². The van der Waals surface area contributed by atoms with E-state index in [1.807, 2.05) is 0 Å². The molecule has 138 valence electrons. The third-order valence-electron chi connectivity index (χ3n) is 4.75. The van der Waals surface area contributed by atoms with Crippen molar-refractivity contribution in [3.63, 3.8) is 0 Å². The van der Waals surface area contributed by atoms with Gasteiger partial charge in [0, 0.05) is 33.6 Å². The zero-order valence-corrected chi connectivity index (χ0v) is 14.9.